The van der Waals surface area contributed by atoms with E-state index < -0.39 is 0 Å². The van der Waals surface area contributed by atoms with Crippen LogP contribution >= 0.6 is 11.3 Å². The van der Waals surface area contributed by atoms with Crippen molar-refractivity contribution in [2.24, 2.45) is 0 Å². The van der Waals surface area contributed by atoms with E-state index in [-0.39, 0.29) is 23.2 Å². The van der Waals surface area contributed by atoms with Crippen LogP contribution < -0.4 is 10.2 Å². The number of carbonyl (C=O) groups excluding carboxylic acids is 1. The van der Waals surface area contributed by atoms with Crippen molar-refractivity contribution in [1.82, 2.24) is 9.88 Å². The Morgan fingerprint density at radius 3 is 3.08 bits per heavy atom. The molecule has 3 aromatic rings. The Labute approximate surface area is 141 Å². The maximum Gasteiger partial charge on any atom is 0.289 e. The molecule has 1 amide bonds. The smallest absolute Gasteiger partial charge is 0.289 e. The number of hydrogen-bond donors (Lipinski definition) is 0. The van der Waals surface area contributed by atoms with E-state index in [1.54, 1.807) is 35.4 Å². The molecule has 0 radical (unpaired) electrons. The molecule has 0 N–H and O–H groups in total. The van der Waals surface area contributed by atoms with Crippen LogP contribution in [0, 0.1) is 0 Å². The van der Waals surface area contributed by atoms with Gasteiger partial charge >= 0.3 is 0 Å². The van der Waals surface area contributed by atoms with Gasteiger partial charge in [-0.25, -0.2) is 4.98 Å². The van der Waals surface area contributed by atoms with Crippen LogP contribution in [-0.2, 0) is 0 Å². The fourth-order valence-electron chi connectivity index (χ4n) is 2.79. The second-order valence-corrected chi connectivity index (χ2v) is 6.41. The Morgan fingerprint density at radius 1 is 1.38 bits per heavy atom. The number of nitrogens with zero attached hydrogens (tertiary/aromatic N) is 2. The summed E-state index contributed by atoms with van der Waals surface area (Å²) in [4.78, 5) is 30.5. The van der Waals surface area contributed by atoms with E-state index in [0.29, 0.717) is 29.3 Å². The minimum Gasteiger partial charge on any atom is -0.465 e. The fourth-order valence-corrected chi connectivity index (χ4v) is 3.34. The lowest BCUT2D eigenvalue weighted by Crippen LogP contribution is -2.31. The van der Waals surface area contributed by atoms with Crippen molar-refractivity contribution < 1.29 is 13.9 Å². The summed E-state index contributed by atoms with van der Waals surface area (Å²) < 4.78 is 11.4. The van der Waals surface area contributed by atoms with Gasteiger partial charge in [-0.05, 0) is 12.1 Å². The van der Waals surface area contributed by atoms with Crippen molar-refractivity contribution >= 4 is 28.2 Å². The Morgan fingerprint density at radius 2 is 2.25 bits per heavy atom. The third kappa shape index (κ3) is 2.78. The zero-order valence-corrected chi connectivity index (χ0v) is 13.5. The highest BCUT2D eigenvalue weighted by Gasteiger charge is 2.30. The normalized spacial score (nSPS) is 17.3. The molecule has 24 heavy (non-hydrogen) atoms. The molecule has 1 atom stereocenters. The molecule has 0 spiro atoms. The summed E-state index contributed by atoms with van der Waals surface area (Å²) in [5.74, 6) is -0.225. The summed E-state index contributed by atoms with van der Waals surface area (Å²) >= 11 is 1.42. The molecule has 0 bridgehead atoms. The quantitative estimate of drug-likeness (QED) is 0.731. The summed E-state index contributed by atoms with van der Waals surface area (Å²) in [5, 5.41) is 2.92. The molecule has 1 fully saturated rings. The highest BCUT2D eigenvalue weighted by Crippen LogP contribution is 2.22. The van der Waals surface area contributed by atoms with Crippen LogP contribution in [0.15, 0.2) is 51.1 Å². The number of aromatic nitrogens is 1. The molecule has 4 rings (SSSR count). The molecule has 3 heterocycles. The highest BCUT2D eigenvalue weighted by molar-refractivity contribution is 7.11. The summed E-state index contributed by atoms with van der Waals surface area (Å²) in [7, 11) is 0. The Bertz CT molecular complexity index is 935. The number of likely N-dealkylation sites (tertiary alicyclic amines) is 1. The average Bonchev–Trinajstić information content (AvgIpc) is 3.26. The Balaban J connectivity index is 1.53. The van der Waals surface area contributed by atoms with Crippen molar-refractivity contribution in [1.29, 1.82) is 0 Å². The minimum absolute atomic E-state index is 0.0635. The SMILES string of the molecule is O=C(c1cc(=O)c2ccccc2o1)N1CCC(Oc2nccs2)C1. The van der Waals surface area contributed by atoms with Gasteiger partial charge < -0.3 is 14.1 Å². The van der Waals surface area contributed by atoms with E-state index in [0.717, 1.165) is 6.42 Å². The number of rotatable bonds is 3. The van der Waals surface area contributed by atoms with Crippen LogP contribution in [0.4, 0.5) is 0 Å². The number of para-hydroxylation sites is 1. The number of fused-ring (bicyclic) bond motifs is 1. The van der Waals surface area contributed by atoms with Crippen LogP contribution in [0.2, 0.25) is 0 Å². The van der Waals surface area contributed by atoms with Crippen molar-refractivity contribution in [3.05, 3.63) is 57.9 Å². The molecule has 122 valence electrons. The fraction of sp³-hybridized carbons (Fsp3) is 0.235. The van der Waals surface area contributed by atoms with Gasteiger partial charge in [0.25, 0.3) is 11.1 Å². The Kier molecular flexibility index (Phi) is 3.78. The van der Waals surface area contributed by atoms with Crippen LogP contribution in [0.3, 0.4) is 0 Å². The minimum atomic E-state index is -0.289. The van der Waals surface area contributed by atoms with Crippen LogP contribution in [0.5, 0.6) is 5.19 Å². The van der Waals surface area contributed by atoms with Crippen molar-refractivity contribution in [3.8, 4) is 5.19 Å². The molecular formula is C17H14N2O4S. The lowest BCUT2D eigenvalue weighted by atomic mass is 10.2. The van der Waals surface area contributed by atoms with Crippen LogP contribution in [0.1, 0.15) is 17.0 Å². The van der Waals surface area contributed by atoms with Crippen LogP contribution in [0.25, 0.3) is 11.0 Å². The molecule has 0 saturated carbocycles. The van der Waals surface area contributed by atoms with E-state index in [4.69, 9.17) is 9.15 Å². The molecule has 6 nitrogen and oxygen atoms in total. The molecule has 1 unspecified atom stereocenters. The molecule has 1 aromatic carbocycles. The zero-order valence-electron chi connectivity index (χ0n) is 12.7. The molecule has 1 aliphatic heterocycles. The van der Waals surface area contributed by atoms with Crippen molar-refractivity contribution in [2.75, 3.05) is 13.1 Å². The first-order valence-electron chi connectivity index (χ1n) is 7.59. The van der Waals surface area contributed by atoms with Gasteiger partial charge in [0, 0.05) is 30.6 Å². The number of amides is 1. The maximum absolute atomic E-state index is 12.6. The monoisotopic (exact) mass is 342 g/mol. The number of benzene rings is 1. The third-order valence-electron chi connectivity index (χ3n) is 3.95. The predicted octanol–water partition coefficient (Wildman–Crippen LogP) is 2.54. The van der Waals surface area contributed by atoms with E-state index in [1.165, 1.54) is 17.4 Å². The van der Waals surface area contributed by atoms with E-state index in [9.17, 15) is 9.59 Å². The molecule has 7 heteroatoms. The molecule has 0 aliphatic carbocycles. The number of hydrogen-bond acceptors (Lipinski definition) is 6. The summed E-state index contributed by atoms with van der Waals surface area (Å²) in [5.41, 5.74) is 0.207. The number of ether oxygens (including phenoxy) is 1. The highest BCUT2D eigenvalue weighted by atomic mass is 32.1. The van der Waals surface area contributed by atoms with E-state index in [2.05, 4.69) is 4.98 Å². The Hall–Kier alpha value is -2.67. The first-order chi connectivity index (χ1) is 11.7. The maximum atomic E-state index is 12.6. The summed E-state index contributed by atoms with van der Waals surface area (Å²) in [6, 6.07) is 8.17. The first kappa shape index (κ1) is 14.9. The van der Waals surface area contributed by atoms with Gasteiger partial charge in [-0.3, -0.25) is 9.59 Å². The van der Waals surface area contributed by atoms with Gasteiger partial charge in [-0.15, -0.1) is 0 Å². The number of thiazole rings is 1. The van der Waals surface area contributed by atoms with Gasteiger partial charge in [0.05, 0.1) is 11.9 Å². The van der Waals surface area contributed by atoms with Gasteiger partial charge in [0.15, 0.2) is 11.2 Å². The van der Waals surface area contributed by atoms with Crippen LogP contribution in [-0.4, -0.2) is 35.0 Å². The van der Waals surface area contributed by atoms with Crippen molar-refractivity contribution in [2.45, 2.75) is 12.5 Å². The topological polar surface area (TPSA) is 72.6 Å². The zero-order chi connectivity index (χ0) is 16.5. The van der Waals surface area contributed by atoms with E-state index >= 15 is 0 Å². The third-order valence-corrected chi connectivity index (χ3v) is 4.62. The second kappa shape index (κ2) is 6.09. The second-order valence-electron chi connectivity index (χ2n) is 5.55. The van der Waals surface area contributed by atoms with Crippen molar-refractivity contribution in [3.63, 3.8) is 0 Å². The standard InChI is InChI=1S/C17H14N2O4S/c20-13-9-15(23-14-4-2-1-3-12(13)14)16(21)19-7-5-11(10-19)22-17-18-6-8-24-17/h1-4,6,8-9,11H,5,7,10H2. The van der Waals surface area contributed by atoms with Gasteiger partial charge in [-0.1, -0.05) is 23.5 Å². The predicted molar refractivity (Wildman–Crippen MR) is 89.5 cm³/mol. The van der Waals surface area contributed by atoms with Gasteiger partial charge in [0.2, 0.25) is 0 Å². The first-order valence-corrected chi connectivity index (χ1v) is 8.47. The largest absolute Gasteiger partial charge is 0.465 e. The summed E-state index contributed by atoms with van der Waals surface area (Å²) in [6.45, 7) is 1.01. The average molecular weight is 342 g/mol. The molecule has 1 saturated heterocycles. The summed E-state index contributed by atoms with van der Waals surface area (Å²) in [6.07, 6.45) is 2.32. The van der Waals surface area contributed by atoms with Gasteiger partial charge in [0.1, 0.15) is 11.7 Å². The van der Waals surface area contributed by atoms with Gasteiger partial charge in [-0.2, -0.15) is 0 Å². The number of carbonyl (C=O) groups is 1. The van der Waals surface area contributed by atoms with E-state index in [1.807, 2.05) is 5.38 Å². The lowest BCUT2D eigenvalue weighted by Gasteiger charge is -2.15. The molecule has 1 aliphatic rings. The molecule has 2 aromatic heterocycles. The molecular weight excluding hydrogens is 328 g/mol. The lowest BCUT2D eigenvalue weighted by molar-refractivity contribution is 0.0741.